The Labute approximate surface area is 187 Å². The van der Waals surface area contributed by atoms with E-state index in [1.54, 1.807) is 0 Å². The van der Waals surface area contributed by atoms with Gasteiger partial charge in [-0.2, -0.15) is 0 Å². The third-order valence-electron chi connectivity index (χ3n) is 3.36. The molecule has 4 nitrogen and oxygen atoms in total. The average molecular weight is 486 g/mol. The molecule has 0 saturated carbocycles. The number of nitrogens with one attached hydrogen (secondary N) is 3. The van der Waals surface area contributed by atoms with Crippen LogP contribution in [-0.2, 0) is 0 Å². The van der Waals surface area contributed by atoms with Crippen LogP contribution >= 0.6 is 70.2 Å². The van der Waals surface area contributed by atoms with Gasteiger partial charge in [0, 0.05) is 10.7 Å². The summed E-state index contributed by atoms with van der Waals surface area (Å²) in [7, 11) is 0. The first-order valence-corrected chi connectivity index (χ1v) is 9.83. The molecule has 3 N–H and O–H groups in total. The van der Waals surface area contributed by atoms with E-state index in [0.717, 1.165) is 11.3 Å². The van der Waals surface area contributed by atoms with Gasteiger partial charge in [0.1, 0.15) is 6.17 Å². The fourth-order valence-electron chi connectivity index (χ4n) is 2.02. The van der Waals surface area contributed by atoms with Crippen LogP contribution in [0.3, 0.4) is 0 Å². The second kappa shape index (κ2) is 9.50. The van der Waals surface area contributed by atoms with Crippen LogP contribution in [0.4, 0.5) is 5.69 Å². The SMILES string of the molecule is Cc1ccc(NC(=S)N[C@H](NC(=O)c2ccc(Cl)cc2Cl)C(Cl)(Cl)Cl)cc1. The first kappa shape index (κ1) is 22.3. The van der Waals surface area contributed by atoms with E-state index in [-0.39, 0.29) is 15.7 Å². The van der Waals surface area contributed by atoms with Gasteiger partial charge in [0.25, 0.3) is 5.91 Å². The number of thiocarbonyl (C=S) groups is 1. The summed E-state index contributed by atoms with van der Waals surface area (Å²) in [6.45, 7) is 1.97. The van der Waals surface area contributed by atoms with Gasteiger partial charge in [0.15, 0.2) is 5.11 Å². The van der Waals surface area contributed by atoms with Crippen molar-refractivity contribution in [3.05, 3.63) is 63.6 Å². The molecule has 2 rings (SSSR count). The predicted octanol–water partition coefficient (Wildman–Crippen LogP) is 5.71. The van der Waals surface area contributed by atoms with Crippen molar-refractivity contribution in [3.8, 4) is 0 Å². The summed E-state index contributed by atoms with van der Waals surface area (Å²) >= 11 is 35.0. The lowest BCUT2D eigenvalue weighted by molar-refractivity contribution is 0.0934. The molecule has 2 aromatic rings. The Kier molecular flexibility index (Phi) is 7.86. The largest absolute Gasteiger partial charge is 0.339 e. The molecule has 0 saturated heterocycles. The number of hydrogen-bond acceptors (Lipinski definition) is 2. The molecule has 1 atom stereocenters. The Hall–Kier alpha value is -0.950. The molecule has 0 bridgehead atoms. The van der Waals surface area contributed by atoms with Crippen molar-refractivity contribution in [2.24, 2.45) is 0 Å². The van der Waals surface area contributed by atoms with E-state index in [0.29, 0.717) is 5.02 Å². The second-order valence-electron chi connectivity index (χ2n) is 5.54. The quantitative estimate of drug-likeness (QED) is 0.295. The van der Waals surface area contributed by atoms with E-state index < -0.39 is 15.9 Å². The average Bonchev–Trinajstić information content (AvgIpc) is 2.55. The lowest BCUT2D eigenvalue weighted by Crippen LogP contribution is -2.56. The third kappa shape index (κ3) is 6.86. The van der Waals surface area contributed by atoms with Crippen LogP contribution in [0.15, 0.2) is 42.5 Å². The number of alkyl halides is 3. The highest BCUT2D eigenvalue weighted by atomic mass is 35.6. The Morgan fingerprint density at radius 1 is 1.04 bits per heavy atom. The fraction of sp³-hybridized carbons (Fsp3) is 0.176. The maximum absolute atomic E-state index is 12.5. The zero-order chi connectivity index (χ0) is 20.2. The lowest BCUT2D eigenvalue weighted by Gasteiger charge is -2.28. The van der Waals surface area contributed by atoms with Crippen molar-refractivity contribution in [2.45, 2.75) is 16.9 Å². The lowest BCUT2D eigenvalue weighted by atomic mass is 10.2. The van der Waals surface area contributed by atoms with Crippen LogP contribution in [0.1, 0.15) is 15.9 Å². The number of carbonyl (C=O) groups is 1. The van der Waals surface area contributed by atoms with Crippen molar-refractivity contribution < 1.29 is 4.79 Å². The van der Waals surface area contributed by atoms with Gasteiger partial charge in [-0.05, 0) is 49.5 Å². The van der Waals surface area contributed by atoms with Crippen LogP contribution < -0.4 is 16.0 Å². The minimum absolute atomic E-state index is 0.165. The Morgan fingerprint density at radius 2 is 1.67 bits per heavy atom. The van der Waals surface area contributed by atoms with E-state index in [4.69, 9.17) is 70.2 Å². The van der Waals surface area contributed by atoms with Crippen LogP contribution in [0.25, 0.3) is 0 Å². The smallest absolute Gasteiger partial charge is 0.254 e. The van der Waals surface area contributed by atoms with E-state index in [1.165, 1.54) is 18.2 Å². The number of halogens is 5. The molecule has 0 aliphatic heterocycles. The minimum Gasteiger partial charge on any atom is -0.339 e. The molecule has 1 amide bonds. The Balaban J connectivity index is 2.09. The monoisotopic (exact) mass is 483 g/mol. The maximum atomic E-state index is 12.5. The summed E-state index contributed by atoms with van der Waals surface area (Å²) in [5, 5.41) is 9.02. The van der Waals surface area contributed by atoms with Crippen molar-refractivity contribution in [2.75, 3.05) is 5.32 Å². The molecule has 0 aromatic heterocycles. The number of hydrogen-bond donors (Lipinski definition) is 3. The van der Waals surface area contributed by atoms with E-state index in [1.807, 2.05) is 31.2 Å². The molecule has 144 valence electrons. The Morgan fingerprint density at radius 3 is 2.22 bits per heavy atom. The van der Waals surface area contributed by atoms with Gasteiger partial charge in [0.05, 0.1) is 10.6 Å². The first-order valence-electron chi connectivity index (χ1n) is 7.53. The third-order valence-corrected chi connectivity index (χ3v) is 4.79. The summed E-state index contributed by atoms with van der Waals surface area (Å²) in [6, 6.07) is 12.0. The number of rotatable bonds is 4. The van der Waals surface area contributed by atoms with Gasteiger partial charge >= 0.3 is 0 Å². The highest BCUT2D eigenvalue weighted by molar-refractivity contribution is 7.80. The molecule has 0 fully saturated rings. The fourth-order valence-corrected chi connectivity index (χ4v) is 3.07. The maximum Gasteiger partial charge on any atom is 0.254 e. The highest BCUT2D eigenvalue weighted by Gasteiger charge is 2.35. The van der Waals surface area contributed by atoms with Crippen LogP contribution in [0, 0.1) is 6.92 Å². The summed E-state index contributed by atoms with van der Waals surface area (Å²) in [5.41, 5.74) is 2.03. The molecular weight excluding hydrogens is 472 g/mol. The predicted molar refractivity (Wildman–Crippen MR) is 119 cm³/mol. The Bertz CT molecular complexity index is 839. The minimum atomic E-state index is -1.88. The van der Waals surface area contributed by atoms with E-state index in [2.05, 4.69) is 16.0 Å². The topological polar surface area (TPSA) is 53.2 Å². The van der Waals surface area contributed by atoms with Crippen LogP contribution in [0.2, 0.25) is 10.0 Å². The molecule has 0 aliphatic rings. The van der Waals surface area contributed by atoms with Gasteiger partial charge in [-0.1, -0.05) is 75.7 Å². The first-order chi connectivity index (χ1) is 12.6. The molecule has 2 aromatic carbocycles. The summed E-state index contributed by atoms with van der Waals surface area (Å²) < 4.78 is -1.88. The molecular formula is C17H14Cl5N3OS. The molecule has 0 heterocycles. The van der Waals surface area contributed by atoms with Gasteiger partial charge in [0.2, 0.25) is 3.79 Å². The van der Waals surface area contributed by atoms with Crippen molar-refractivity contribution in [1.29, 1.82) is 0 Å². The van der Waals surface area contributed by atoms with Gasteiger partial charge in [-0.15, -0.1) is 0 Å². The zero-order valence-corrected chi connectivity index (χ0v) is 18.4. The number of amides is 1. The van der Waals surface area contributed by atoms with E-state index in [9.17, 15) is 4.79 Å². The number of anilines is 1. The summed E-state index contributed by atoms with van der Waals surface area (Å²) in [5.74, 6) is -0.557. The highest BCUT2D eigenvalue weighted by Crippen LogP contribution is 2.30. The number of carbonyl (C=O) groups excluding carboxylic acids is 1. The standard InChI is InChI=1S/C17H14Cl5N3OS/c1-9-2-5-11(6-3-9)23-16(27)25-15(17(20,21)22)24-14(26)12-7-4-10(18)8-13(12)19/h2-8,15H,1H3,(H,24,26)(H2,23,25,27)/t15-/m0/s1. The zero-order valence-electron chi connectivity index (χ0n) is 13.8. The summed E-state index contributed by atoms with van der Waals surface area (Å²) in [4.78, 5) is 12.5. The van der Waals surface area contributed by atoms with Crippen molar-refractivity contribution in [3.63, 3.8) is 0 Å². The van der Waals surface area contributed by atoms with Crippen molar-refractivity contribution in [1.82, 2.24) is 10.6 Å². The van der Waals surface area contributed by atoms with Gasteiger partial charge < -0.3 is 16.0 Å². The molecule has 27 heavy (non-hydrogen) atoms. The van der Waals surface area contributed by atoms with Crippen LogP contribution in [-0.4, -0.2) is 21.0 Å². The molecule has 0 aliphatic carbocycles. The van der Waals surface area contributed by atoms with Gasteiger partial charge in [-0.25, -0.2) is 0 Å². The van der Waals surface area contributed by atoms with Gasteiger partial charge in [-0.3, -0.25) is 4.79 Å². The normalized spacial score (nSPS) is 12.2. The molecule has 0 unspecified atom stereocenters. The van der Waals surface area contributed by atoms with Crippen molar-refractivity contribution >= 4 is 86.9 Å². The second-order valence-corrected chi connectivity index (χ2v) is 9.16. The number of aryl methyl sites for hydroxylation is 1. The number of benzene rings is 2. The molecule has 10 heteroatoms. The summed E-state index contributed by atoms with van der Waals surface area (Å²) in [6.07, 6.45) is -1.12. The molecule has 0 radical (unpaired) electrons. The molecule has 0 spiro atoms. The van der Waals surface area contributed by atoms with E-state index >= 15 is 0 Å². The van der Waals surface area contributed by atoms with Crippen LogP contribution in [0.5, 0.6) is 0 Å².